The third-order valence-electron chi connectivity index (χ3n) is 5.74. The Morgan fingerprint density at radius 3 is 2.55 bits per heavy atom. The minimum absolute atomic E-state index is 0.726. The average Bonchev–Trinajstić information content (AvgIpc) is 2.56. The van der Waals surface area contributed by atoms with Crippen molar-refractivity contribution >= 4 is 5.57 Å². The van der Waals surface area contributed by atoms with E-state index < -0.39 is 0 Å². The van der Waals surface area contributed by atoms with Crippen molar-refractivity contribution in [2.75, 3.05) is 0 Å². The van der Waals surface area contributed by atoms with E-state index in [0.717, 1.165) is 24.2 Å². The summed E-state index contributed by atoms with van der Waals surface area (Å²) in [5, 5.41) is 0. The Bertz CT molecular complexity index is 463. The summed E-state index contributed by atoms with van der Waals surface area (Å²) < 4.78 is 0. The maximum absolute atomic E-state index is 4.20. The van der Waals surface area contributed by atoms with Crippen LogP contribution in [0.5, 0.6) is 0 Å². The zero-order valence-electron chi connectivity index (χ0n) is 14.9. The Morgan fingerprint density at radius 1 is 1.18 bits per heavy atom. The summed E-state index contributed by atoms with van der Waals surface area (Å²) in [5.41, 5.74) is 4.13. The topological polar surface area (TPSA) is 0 Å². The largest absolute Gasteiger partial charge is 0.0952 e. The van der Waals surface area contributed by atoms with Gasteiger partial charge in [0.25, 0.3) is 0 Å². The van der Waals surface area contributed by atoms with Crippen LogP contribution >= 0.6 is 0 Å². The molecule has 122 valence electrons. The number of hydrogen-bond donors (Lipinski definition) is 0. The molecule has 2 rings (SSSR count). The molecule has 0 spiro atoms. The minimum atomic E-state index is 0.726. The van der Waals surface area contributed by atoms with Gasteiger partial charge in [0.15, 0.2) is 0 Å². The lowest BCUT2D eigenvalue weighted by molar-refractivity contribution is 0.268. The zero-order chi connectivity index (χ0) is 15.9. The highest BCUT2D eigenvalue weighted by Gasteiger charge is 2.20. The molecule has 1 aromatic rings. The van der Waals surface area contributed by atoms with Crippen molar-refractivity contribution in [1.82, 2.24) is 0 Å². The quantitative estimate of drug-likeness (QED) is 0.499. The maximum atomic E-state index is 4.20. The fraction of sp³-hybridized carbons (Fsp3) is 0.636. The summed E-state index contributed by atoms with van der Waals surface area (Å²) in [4.78, 5) is 0. The van der Waals surface area contributed by atoms with Crippen molar-refractivity contribution in [3.63, 3.8) is 0 Å². The summed E-state index contributed by atoms with van der Waals surface area (Å²) in [5.74, 6) is 2.68. The molecule has 0 aliphatic heterocycles. The van der Waals surface area contributed by atoms with Crippen LogP contribution in [0, 0.1) is 11.8 Å². The fourth-order valence-corrected chi connectivity index (χ4v) is 3.88. The van der Waals surface area contributed by atoms with Crippen LogP contribution in [0.2, 0.25) is 0 Å². The fourth-order valence-electron chi connectivity index (χ4n) is 3.88. The van der Waals surface area contributed by atoms with Gasteiger partial charge in [-0.1, -0.05) is 77.3 Å². The van der Waals surface area contributed by atoms with Gasteiger partial charge in [-0.3, -0.25) is 0 Å². The van der Waals surface area contributed by atoms with Gasteiger partial charge in [0.2, 0.25) is 0 Å². The normalized spacial score (nSPS) is 23.2. The standard InChI is InChI=1S/C22H34/c1-5-18(4)21-8-7-9-22(16-21)20(6-2)15-14-19-12-10-17(3)11-13-19/h7-9,16-17,19-20H,4-6,10-15H2,1-3H3/t17?,19?,20-/m1/s1. The zero-order valence-corrected chi connectivity index (χ0v) is 14.9. The first kappa shape index (κ1) is 17.3. The van der Waals surface area contributed by atoms with E-state index in [1.54, 1.807) is 0 Å². The van der Waals surface area contributed by atoms with E-state index >= 15 is 0 Å². The molecule has 1 atom stereocenters. The van der Waals surface area contributed by atoms with E-state index in [4.69, 9.17) is 0 Å². The number of rotatable bonds is 7. The molecule has 0 unspecified atom stereocenters. The summed E-state index contributed by atoms with van der Waals surface area (Å²) in [6.07, 6.45) is 10.9. The van der Waals surface area contributed by atoms with E-state index in [-0.39, 0.29) is 0 Å². The van der Waals surface area contributed by atoms with Crippen molar-refractivity contribution in [1.29, 1.82) is 0 Å². The van der Waals surface area contributed by atoms with Crippen LogP contribution < -0.4 is 0 Å². The molecule has 0 bridgehead atoms. The average molecular weight is 299 g/mol. The van der Waals surface area contributed by atoms with Crippen LogP contribution in [-0.4, -0.2) is 0 Å². The van der Waals surface area contributed by atoms with Gasteiger partial charge in [-0.25, -0.2) is 0 Å². The Morgan fingerprint density at radius 2 is 1.91 bits per heavy atom. The number of hydrogen-bond acceptors (Lipinski definition) is 0. The maximum Gasteiger partial charge on any atom is -0.0164 e. The molecule has 0 heterocycles. The molecule has 1 saturated carbocycles. The Hall–Kier alpha value is -1.04. The summed E-state index contributed by atoms with van der Waals surface area (Å²) in [6.45, 7) is 11.1. The highest BCUT2D eigenvalue weighted by molar-refractivity contribution is 5.63. The highest BCUT2D eigenvalue weighted by Crippen LogP contribution is 2.35. The second-order valence-corrected chi connectivity index (χ2v) is 7.39. The molecule has 0 saturated heterocycles. The van der Waals surface area contributed by atoms with Gasteiger partial charge in [-0.2, -0.15) is 0 Å². The molecule has 0 radical (unpaired) electrons. The Balaban J connectivity index is 1.95. The lowest BCUT2D eigenvalue weighted by Gasteiger charge is -2.27. The minimum Gasteiger partial charge on any atom is -0.0952 e. The molecule has 1 aromatic carbocycles. The molecule has 0 amide bonds. The summed E-state index contributed by atoms with van der Waals surface area (Å²) in [7, 11) is 0. The van der Waals surface area contributed by atoms with Gasteiger partial charge in [0, 0.05) is 0 Å². The first-order chi connectivity index (χ1) is 10.6. The van der Waals surface area contributed by atoms with Crippen LogP contribution in [0.4, 0.5) is 0 Å². The van der Waals surface area contributed by atoms with Crippen LogP contribution in [-0.2, 0) is 0 Å². The summed E-state index contributed by atoms with van der Waals surface area (Å²) >= 11 is 0. The SMILES string of the molecule is C=C(CC)c1cccc([C@H](CC)CCC2CCC(C)CC2)c1. The third-order valence-corrected chi connectivity index (χ3v) is 5.74. The Kier molecular flexibility index (Phi) is 6.73. The molecule has 1 aliphatic carbocycles. The lowest BCUT2D eigenvalue weighted by Crippen LogP contribution is -2.13. The van der Waals surface area contributed by atoms with Gasteiger partial charge in [0.05, 0.1) is 0 Å². The van der Waals surface area contributed by atoms with E-state index in [0.29, 0.717) is 0 Å². The third kappa shape index (κ3) is 4.73. The molecule has 0 heteroatoms. The predicted octanol–water partition coefficient (Wildman–Crippen LogP) is 7.21. The van der Waals surface area contributed by atoms with Crippen molar-refractivity contribution < 1.29 is 0 Å². The number of benzene rings is 1. The van der Waals surface area contributed by atoms with Gasteiger partial charge in [-0.05, 0) is 60.1 Å². The van der Waals surface area contributed by atoms with E-state index in [2.05, 4.69) is 51.6 Å². The molecule has 1 fully saturated rings. The van der Waals surface area contributed by atoms with Crippen molar-refractivity contribution in [2.24, 2.45) is 11.8 Å². The van der Waals surface area contributed by atoms with E-state index in [1.807, 2.05) is 0 Å². The molecular weight excluding hydrogens is 264 g/mol. The molecule has 0 nitrogen and oxygen atoms in total. The van der Waals surface area contributed by atoms with Crippen LogP contribution in [0.25, 0.3) is 5.57 Å². The van der Waals surface area contributed by atoms with Crippen molar-refractivity contribution in [3.8, 4) is 0 Å². The monoisotopic (exact) mass is 298 g/mol. The molecule has 0 N–H and O–H groups in total. The highest BCUT2D eigenvalue weighted by atomic mass is 14.3. The first-order valence-corrected chi connectivity index (χ1v) is 9.42. The van der Waals surface area contributed by atoms with Gasteiger partial charge in [0.1, 0.15) is 0 Å². The lowest BCUT2D eigenvalue weighted by atomic mass is 9.78. The number of allylic oxidation sites excluding steroid dienone is 1. The second-order valence-electron chi connectivity index (χ2n) is 7.39. The van der Waals surface area contributed by atoms with E-state index in [1.165, 1.54) is 61.6 Å². The van der Waals surface area contributed by atoms with Crippen LogP contribution in [0.3, 0.4) is 0 Å². The second kappa shape index (κ2) is 8.56. The van der Waals surface area contributed by atoms with Gasteiger partial charge < -0.3 is 0 Å². The van der Waals surface area contributed by atoms with E-state index in [9.17, 15) is 0 Å². The Labute approximate surface area is 138 Å². The molecule has 22 heavy (non-hydrogen) atoms. The van der Waals surface area contributed by atoms with Crippen LogP contribution in [0.1, 0.15) is 89.2 Å². The molecule has 1 aliphatic rings. The smallest absolute Gasteiger partial charge is 0.0164 e. The first-order valence-electron chi connectivity index (χ1n) is 9.42. The van der Waals surface area contributed by atoms with Crippen molar-refractivity contribution in [2.45, 2.75) is 78.1 Å². The van der Waals surface area contributed by atoms with Crippen molar-refractivity contribution in [3.05, 3.63) is 42.0 Å². The molecular formula is C22H34. The predicted molar refractivity (Wildman–Crippen MR) is 99.2 cm³/mol. The van der Waals surface area contributed by atoms with Crippen LogP contribution in [0.15, 0.2) is 30.8 Å². The van der Waals surface area contributed by atoms with Gasteiger partial charge in [-0.15, -0.1) is 0 Å². The van der Waals surface area contributed by atoms with Gasteiger partial charge >= 0.3 is 0 Å². The summed E-state index contributed by atoms with van der Waals surface area (Å²) in [6, 6.07) is 9.15. The molecule has 0 aromatic heterocycles.